The Balaban J connectivity index is 4.71. The van der Waals surface area contributed by atoms with Crippen molar-refractivity contribution in [2.75, 3.05) is 6.61 Å². The fourth-order valence-electron chi connectivity index (χ4n) is 0.633. The van der Waals surface area contributed by atoms with Gasteiger partial charge in [0.05, 0.1) is 12.2 Å². The van der Waals surface area contributed by atoms with Gasteiger partial charge in [-0.2, -0.15) is 0 Å². The summed E-state index contributed by atoms with van der Waals surface area (Å²) in [6, 6.07) is 0. The first kappa shape index (κ1) is 12.6. The van der Waals surface area contributed by atoms with Gasteiger partial charge >= 0.3 is 5.97 Å². The van der Waals surface area contributed by atoms with Crippen LogP contribution in [-0.4, -0.2) is 24.0 Å². The normalized spacial score (nSPS) is 11.4. The molecule has 0 fully saturated rings. The topological polar surface area (TPSA) is 62.5 Å². The highest BCUT2D eigenvalue weighted by Crippen LogP contribution is 1.98. The number of nitrogens with zero attached hydrogens (tertiary/aromatic N) is 1. The molecule has 0 radical (unpaired) electrons. The molecule has 0 heterocycles. The number of carbonyl (C=O) groups excluding carboxylic acids is 1. The van der Waals surface area contributed by atoms with E-state index in [1.807, 2.05) is 0 Å². The molecule has 1 N–H and O–H groups in total. The predicted octanol–water partition coefficient (Wildman–Crippen LogP) is 1.91. The van der Waals surface area contributed by atoms with Crippen molar-refractivity contribution in [2.45, 2.75) is 6.92 Å². The number of carbonyl (C=O) groups is 1. The van der Waals surface area contributed by atoms with E-state index in [2.05, 4.69) is 11.6 Å². The largest absolute Gasteiger partial charge is 0.462 e. The second kappa shape index (κ2) is 7.03. The maximum absolute atomic E-state index is 11.2. The smallest absolute Gasteiger partial charge is 0.339 e. The van der Waals surface area contributed by atoms with Crippen LogP contribution < -0.4 is 0 Å². The minimum Gasteiger partial charge on any atom is -0.462 e. The van der Waals surface area contributed by atoms with Gasteiger partial charge in [0.1, 0.15) is 5.17 Å². The van der Waals surface area contributed by atoms with Gasteiger partial charge in [-0.15, -0.1) is 0 Å². The van der Waals surface area contributed by atoms with Crippen LogP contribution in [0.2, 0.25) is 0 Å². The van der Waals surface area contributed by atoms with Gasteiger partial charge in [0.15, 0.2) is 0 Å². The van der Waals surface area contributed by atoms with E-state index < -0.39 is 5.97 Å². The van der Waals surface area contributed by atoms with Crippen molar-refractivity contribution in [1.82, 2.24) is 0 Å². The number of allylic oxidation sites excluding steroid dienone is 1. The van der Waals surface area contributed by atoms with Crippen LogP contribution in [0.5, 0.6) is 0 Å². The standard InChI is InChI=1S/C9H11ClN2O2/c1-3-12-6-7(5-8(10)11)9(13)14-4-2/h3,5-6,11H,1,4H2,2H3/b7-5+,11-8?,12-6?. The van der Waals surface area contributed by atoms with E-state index in [4.69, 9.17) is 21.7 Å². The lowest BCUT2D eigenvalue weighted by Crippen LogP contribution is -2.09. The molecule has 0 aliphatic carbocycles. The Morgan fingerprint density at radius 1 is 1.71 bits per heavy atom. The summed E-state index contributed by atoms with van der Waals surface area (Å²) in [7, 11) is 0. The van der Waals surface area contributed by atoms with Crippen LogP contribution in [0.1, 0.15) is 6.92 Å². The molecule has 4 nitrogen and oxygen atoms in total. The van der Waals surface area contributed by atoms with Crippen LogP contribution in [0.25, 0.3) is 0 Å². The average molecular weight is 215 g/mol. The second-order valence-corrected chi connectivity index (χ2v) is 2.54. The van der Waals surface area contributed by atoms with Crippen LogP contribution >= 0.6 is 11.6 Å². The van der Waals surface area contributed by atoms with Gasteiger partial charge in [-0.3, -0.25) is 10.4 Å². The molecule has 0 saturated heterocycles. The maximum Gasteiger partial charge on any atom is 0.339 e. The van der Waals surface area contributed by atoms with Crippen molar-refractivity contribution in [3.63, 3.8) is 0 Å². The summed E-state index contributed by atoms with van der Waals surface area (Å²) in [5.74, 6) is -0.566. The molecule has 5 heteroatoms. The molecule has 0 bridgehead atoms. The highest BCUT2D eigenvalue weighted by molar-refractivity contribution is 6.68. The Labute approximate surface area is 87.4 Å². The maximum atomic E-state index is 11.2. The predicted molar refractivity (Wildman–Crippen MR) is 57.0 cm³/mol. The van der Waals surface area contributed by atoms with E-state index in [-0.39, 0.29) is 17.4 Å². The summed E-state index contributed by atoms with van der Waals surface area (Å²) >= 11 is 5.31. The molecule has 0 spiro atoms. The van der Waals surface area contributed by atoms with Crippen LogP contribution in [-0.2, 0) is 9.53 Å². The Hall–Kier alpha value is -1.42. The van der Waals surface area contributed by atoms with Crippen molar-refractivity contribution in [1.29, 1.82) is 5.41 Å². The molecule has 14 heavy (non-hydrogen) atoms. The number of nitrogens with one attached hydrogen (secondary N) is 1. The molecule has 0 rings (SSSR count). The van der Waals surface area contributed by atoms with E-state index >= 15 is 0 Å². The zero-order valence-electron chi connectivity index (χ0n) is 7.79. The van der Waals surface area contributed by atoms with Crippen LogP contribution in [0.4, 0.5) is 0 Å². The summed E-state index contributed by atoms with van der Waals surface area (Å²) in [5, 5.41) is 6.72. The summed E-state index contributed by atoms with van der Waals surface area (Å²) in [5.41, 5.74) is 0.117. The molecule has 0 aromatic carbocycles. The number of ether oxygens (including phenoxy) is 1. The second-order valence-electron chi connectivity index (χ2n) is 2.13. The molecule has 76 valence electrons. The van der Waals surface area contributed by atoms with Gasteiger partial charge in [-0.05, 0) is 13.0 Å². The van der Waals surface area contributed by atoms with E-state index in [0.29, 0.717) is 0 Å². The Bertz CT molecular complexity index is 295. The number of rotatable bonds is 5. The van der Waals surface area contributed by atoms with E-state index in [9.17, 15) is 4.79 Å². The van der Waals surface area contributed by atoms with Gasteiger partial charge in [0, 0.05) is 12.4 Å². The molecule has 0 aliphatic rings. The van der Waals surface area contributed by atoms with Gasteiger partial charge < -0.3 is 4.74 Å². The van der Waals surface area contributed by atoms with Gasteiger partial charge in [0.25, 0.3) is 0 Å². The SMILES string of the molecule is C=CN=C/C(=C\C(=N)Cl)C(=O)OCC. The summed E-state index contributed by atoms with van der Waals surface area (Å²) < 4.78 is 4.71. The summed E-state index contributed by atoms with van der Waals surface area (Å²) in [4.78, 5) is 14.9. The lowest BCUT2D eigenvalue weighted by Gasteiger charge is -2.00. The molecule has 0 atom stereocenters. The average Bonchev–Trinajstić information content (AvgIpc) is 2.12. The monoisotopic (exact) mass is 214 g/mol. The third-order valence-electron chi connectivity index (χ3n) is 1.11. The number of halogens is 1. The fraction of sp³-hybridized carbons (Fsp3) is 0.222. The van der Waals surface area contributed by atoms with Gasteiger partial charge in [0.2, 0.25) is 0 Å². The van der Waals surface area contributed by atoms with Crippen LogP contribution in [0.15, 0.2) is 29.4 Å². The van der Waals surface area contributed by atoms with Crippen molar-refractivity contribution in [2.24, 2.45) is 4.99 Å². The Kier molecular flexibility index (Phi) is 6.32. The first-order valence-corrected chi connectivity index (χ1v) is 4.26. The molecule has 0 saturated carbocycles. The highest BCUT2D eigenvalue weighted by atomic mass is 35.5. The van der Waals surface area contributed by atoms with E-state index in [1.165, 1.54) is 12.4 Å². The van der Waals surface area contributed by atoms with Crippen LogP contribution in [0, 0.1) is 5.41 Å². The molecule has 0 aliphatic heterocycles. The third kappa shape index (κ3) is 5.27. The van der Waals surface area contributed by atoms with Crippen LogP contribution in [0.3, 0.4) is 0 Å². The molecule has 0 unspecified atom stereocenters. The van der Waals surface area contributed by atoms with E-state index in [0.717, 1.165) is 6.08 Å². The van der Waals surface area contributed by atoms with Gasteiger partial charge in [-0.1, -0.05) is 18.2 Å². The van der Waals surface area contributed by atoms with Crippen molar-refractivity contribution in [3.05, 3.63) is 24.4 Å². The van der Waals surface area contributed by atoms with Crippen molar-refractivity contribution < 1.29 is 9.53 Å². The zero-order valence-corrected chi connectivity index (χ0v) is 8.54. The molecule has 0 aromatic heterocycles. The summed E-state index contributed by atoms with van der Waals surface area (Å²) in [6.45, 7) is 5.30. The number of hydrogen-bond acceptors (Lipinski definition) is 4. The van der Waals surface area contributed by atoms with Crippen molar-refractivity contribution in [3.8, 4) is 0 Å². The first-order valence-electron chi connectivity index (χ1n) is 3.88. The van der Waals surface area contributed by atoms with Crippen molar-refractivity contribution >= 4 is 29.0 Å². The first-order chi connectivity index (χ1) is 6.61. The quantitative estimate of drug-likeness (QED) is 0.432. The van der Waals surface area contributed by atoms with Gasteiger partial charge in [-0.25, -0.2) is 4.79 Å². The molecular formula is C9H11ClN2O2. The van der Waals surface area contributed by atoms with E-state index in [1.54, 1.807) is 6.92 Å². The minimum absolute atomic E-state index is 0.117. The zero-order chi connectivity index (χ0) is 11.0. The number of aliphatic imine (C=N–C) groups is 1. The third-order valence-corrected chi connectivity index (χ3v) is 1.22. The molecular weight excluding hydrogens is 204 g/mol. The summed E-state index contributed by atoms with van der Waals surface area (Å²) in [6.07, 6.45) is 3.67. The fourth-order valence-corrected chi connectivity index (χ4v) is 0.750. The lowest BCUT2D eigenvalue weighted by atomic mass is 10.3. The Morgan fingerprint density at radius 2 is 2.36 bits per heavy atom. The highest BCUT2D eigenvalue weighted by Gasteiger charge is 2.07. The minimum atomic E-state index is -0.566. The Morgan fingerprint density at radius 3 is 2.79 bits per heavy atom. The number of esters is 1. The molecule has 0 aromatic rings. The molecule has 0 amide bonds. The number of hydrogen-bond donors (Lipinski definition) is 1. The lowest BCUT2D eigenvalue weighted by molar-refractivity contribution is -0.137.